The number of aromatic nitrogens is 2. The van der Waals surface area contributed by atoms with Gasteiger partial charge in [-0.05, 0) is 42.0 Å². The van der Waals surface area contributed by atoms with E-state index >= 15 is 0 Å². The number of nitriles is 1. The number of benzene rings is 2. The van der Waals surface area contributed by atoms with Crippen LogP contribution in [0.5, 0.6) is 0 Å². The van der Waals surface area contributed by atoms with Gasteiger partial charge in [-0.15, -0.1) is 11.8 Å². The first kappa shape index (κ1) is 16.8. The Bertz CT molecular complexity index is 1010. The third-order valence-corrected chi connectivity index (χ3v) is 5.51. The molecular formula is C20H15ClN4S. The first-order valence-electron chi connectivity index (χ1n) is 8.12. The van der Waals surface area contributed by atoms with E-state index in [2.05, 4.69) is 21.4 Å². The van der Waals surface area contributed by atoms with Crippen LogP contribution in [0.3, 0.4) is 0 Å². The maximum absolute atomic E-state index is 9.42. The van der Waals surface area contributed by atoms with E-state index in [4.69, 9.17) is 11.6 Å². The van der Waals surface area contributed by atoms with Crippen LogP contribution in [-0.4, -0.2) is 15.3 Å². The highest BCUT2D eigenvalue weighted by molar-refractivity contribution is 7.99. The van der Waals surface area contributed by atoms with Crippen LogP contribution in [-0.2, 0) is 5.75 Å². The minimum Gasteiger partial charge on any atom is -0.368 e. The average Bonchev–Trinajstić information content (AvgIpc) is 3.10. The van der Waals surface area contributed by atoms with Crippen molar-refractivity contribution >= 4 is 40.1 Å². The highest BCUT2D eigenvalue weighted by atomic mass is 35.5. The Morgan fingerprint density at radius 3 is 2.69 bits per heavy atom. The minimum atomic E-state index is -0.121. The quantitative estimate of drug-likeness (QED) is 0.679. The maximum atomic E-state index is 9.42. The first-order chi connectivity index (χ1) is 12.7. The summed E-state index contributed by atoms with van der Waals surface area (Å²) in [5.74, 6) is 1.58. The van der Waals surface area contributed by atoms with Crippen LogP contribution >= 0.6 is 23.4 Å². The van der Waals surface area contributed by atoms with Gasteiger partial charge in [-0.1, -0.05) is 35.9 Å². The van der Waals surface area contributed by atoms with Crippen LogP contribution < -0.4 is 5.32 Å². The van der Waals surface area contributed by atoms with Crippen molar-refractivity contribution in [3.63, 3.8) is 0 Å². The van der Waals surface area contributed by atoms with Crippen LogP contribution in [0.2, 0.25) is 5.02 Å². The van der Waals surface area contributed by atoms with E-state index in [9.17, 15) is 5.26 Å². The van der Waals surface area contributed by atoms with Crippen LogP contribution in [0.15, 0.2) is 66.3 Å². The van der Waals surface area contributed by atoms with E-state index in [1.807, 2.05) is 60.7 Å². The Morgan fingerprint density at radius 2 is 1.92 bits per heavy atom. The lowest BCUT2D eigenvalue weighted by Gasteiger charge is -2.24. The van der Waals surface area contributed by atoms with Gasteiger partial charge in [-0.3, -0.25) is 0 Å². The van der Waals surface area contributed by atoms with E-state index in [1.54, 1.807) is 11.8 Å². The number of thioether (sulfide) groups is 1. The van der Waals surface area contributed by atoms with Crippen molar-refractivity contribution in [3.05, 3.63) is 82.7 Å². The number of nitrogens with zero attached hydrogens (tertiary/aromatic N) is 2. The van der Waals surface area contributed by atoms with Crippen LogP contribution in [0, 0.1) is 11.3 Å². The molecule has 3 aromatic rings. The van der Waals surface area contributed by atoms with Crippen molar-refractivity contribution in [2.45, 2.75) is 11.1 Å². The Kier molecular flexibility index (Phi) is 4.70. The SMILES string of the molecule is N#CC1=CC=C(c2ccc(Cl)cc2)NC1SCc1nc2ccccc2[nH]1. The molecule has 2 heterocycles. The van der Waals surface area contributed by atoms with Gasteiger partial charge in [0, 0.05) is 10.7 Å². The molecule has 4 nitrogen and oxygen atoms in total. The van der Waals surface area contributed by atoms with Crippen molar-refractivity contribution in [2.75, 3.05) is 0 Å². The molecule has 1 unspecified atom stereocenters. The predicted octanol–water partition coefficient (Wildman–Crippen LogP) is 4.87. The van der Waals surface area contributed by atoms with Gasteiger partial charge in [0.05, 0.1) is 28.4 Å². The van der Waals surface area contributed by atoms with Gasteiger partial charge in [0.2, 0.25) is 0 Å². The molecule has 6 heteroatoms. The van der Waals surface area contributed by atoms with E-state index in [1.165, 1.54) is 0 Å². The van der Waals surface area contributed by atoms with Gasteiger partial charge in [0.25, 0.3) is 0 Å². The second-order valence-electron chi connectivity index (χ2n) is 5.86. The second-order valence-corrected chi connectivity index (χ2v) is 7.39. The molecule has 1 atom stereocenters. The lowest BCUT2D eigenvalue weighted by atomic mass is 10.1. The Labute approximate surface area is 160 Å². The Balaban J connectivity index is 1.50. The molecule has 1 aliphatic rings. The summed E-state index contributed by atoms with van der Waals surface area (Å²) < 4.78 is 0. The van der Waals surface area contributed by atoms with E-state index in [-0.39, 0.29) is 5.37 Å². The number of nitrogens with one attached hydrogen (secondary N) is 2. The Morgan fingerprint density at radius 1 is 1.12 bits per heavy atom. The molecule has 2 N–H and O–H groups in total. The zero-order valence-corrected chi connectivity index (χ0v) is 15.3. The summed E-state index contributed by atoms with van der Waals surface area (Å²) in [5.41, 5.74) is 4.69. The zero-order valence-electron chi connectivity index (χ0n) is 13.7. The number of imidazole rings is 1. The molecule has 0 fully saturated rings. The molecule has 4 rings (SSSR count). The van der Waals surface area contributed by atoms with Crippen molar-refractivity contribution in [1.82, 2.24) is 15.3 Å². The van der Waals surface area contributed by atoms with Crippen LogP contribution in [0.4, 0.5) is 0 Å². The van der Waals surface area contributed by atoms with Gasteiger partial charge < -0.3 is 10.3 Å². The fourth-order valence-corrected chi connectivity index (χ4v) is 3.91. The highest BCUT2D eigenvalue weighted by Crippen LogP contribution is 2.28. The van der Waals surface area contributed by atoms with Gasteiger partial charge >= 0.3 is 0 Å². The first-order valence-corrected chi connectivity index (χ1v) is 9.55. The number of hydrogen-bond donors (Lipinski definition) is 2. The number of hydrogen-bond acceptors (Lipinski definition) is 4. The third kappa shape index (κ3) is 3.48. The zero-order chi connectivity index (χ0) is 17.9. The van der Waals surface area contributed by atoms with Crippen LogP contribution in [0.1, 0.15) is 11.4 Å². The smallest absolute Gasteiger partial charge is 0.117 e. The number of fused-ring (bicyclic) bond motifs is 1. The molecule has 1 aromatic heterocycles. The maximum Gasteiger partial charge on any atom is 0.117 e. The number of halogens is 1. The lowest BCUT2D eigenvalue weighted by molar-refractivity contribution is 0.902. The molecule has 0 spiro atoms. The summed E-state index contributed by atoms with van der Waals surface area (Å²) >= 11 is 7.60. The van der Waals surface area contributed by atoms with Crippen LogP contribution in [0.25, 0.3) is 16.7 Å². The molecule has 128 valence electrons. The molecule has 0 bridgehead atoms. The Hall–Kier alpha value is -2.68. The standard InChI is InChI=1S/C20H15ClN4S/c21-15-8-5-13(6-9-15)16-10-7-14(11-22)20(25-16)26-12-19-23-17-3-1-2-4-18(17)24-19/h1-10,20,25H,12H2,(H,23,24). The number of allylic oxidation sites excluding steroid dienone is 2. The largest absolute Gasteiger partial charge is 0.368 e. The summed E-state index contributed by atoms with van der Waals surface area (Å²) in [6.45, 7) is 0. The minimum absolute atomic E-state index is 0.121. The van der Waals surface area contributed by atoms with Crippen molar-refractivity contribution in [3.8, 4) is 6.07 Å². The second kappa shape index (κ2) is 7.28. The van der Waals surface area contributed by atoms with Crippen molar-refractivity contribution in [1.29, 1.82) is 5.26 Å². The number of aromatic amines is 1. The van der Waals surface area contributed by atoms with Gasteiger partial charge in [0.15, 0.2) is 0 Å². The number of para-hydroxylation sites is 2. The molecule has 26 heavy (non-hydrogen) atoms. The van der Waals surface area contributed by atoms with Gasteiger partial charge in [0.1, 0.15) is 11.2 Å². The summed E-state index contributed by atoms with van der Waals surface area (Å²) in [7, 11) is 0. The van der Waals surface area contributed by atoms with E-state index < -0.39 is 0 Å². The monoisotopic (exact) mass is 378 g/mol. The molecule has 0 saturated carbocycles. The van der Waals surface area contributed by atoms with Gasteiger partial charge in [-0.25, -0.2) is 4.98 Å². The van der Waals surface area contributed by atoms with Crippen molar-refractivity contribution in [2.24, 2.45) is 0 Å². The molecule has 0 amide bonds. The normalized spacial score (nSPS) is 16.5. The van der Waals surface area contributed by atoms with Crippen molar-refractivity contribution < 1.29 is 0 Å². The van der Waals surface area contributed by atoms with E-state index in [0.29, 0.717) is 16.3 Å². The molecule has 0 aliphatic carbocycles. The number of rotatable bonds is 4. The summed E-state index contributed by atoms with van der Waals surface area (Å²) in [6.07, 6.45) is 3.80. The fourth-order valence-electron chi connectivity index (χ4n) is 2.80. The summed E-state index contributed by atoms with van der Waals surface area (Å²) in [6, 6.07) is 17.9. The molecule has 0 radical (unpaired) electrons. The average molecular weight is 379 g/mol. The number of H-pyrrole nitrogens is 1. The summed E-state index contributed by atoms with van der Waals surface area (Å²) in [4.78, 5) is 7.92. The molecule has 1 aliphatic heterocycles. The molecular weight excluding hydrogens is 364 g/mol. The highest BCUT2D eigenvalue weighted by Gasteiger charge is 2.20. The third-order valence-electron chi connectivity index (χ3n) is 4.11. The topological polar surface area (TPSA) is 64.5 Å². The summed E-state index contributed by atoms with van der Waals surface area (Å²) in [5, 5.41) is 13.4. The van der Waals surface area contributed by atoms with E-state index in [0.717, 1.165) is 28.1 Å². The number of dihydropyridines is 1. The molecule has 0 saturated heterocycles. The lowest BCUT2D eigenvalue weighted by Crippen LogP contribution is -2.28. The van der Waals surface area contributed by atoms with Gasteiger partial charge in [-0.2, -0.15) is 5.26 Å². The predicted molar refractivity (Wildman–Crippen MR) is 107 cm³/mol. The fraction of sp³-hybridized carbons (Fsp3) is 0.100. The molecule has 2 aromatic carbocycles.